The maximum absolute atomic E-state index is 8.90. The van der Waals surface area contributed by atoms with Gasteiger partial charge in [0.05, 0.1) is 12.7 Å². The van der Waals surface area contributed by atoms with E-state index in [-0.39, 0.29) is 0 Å². The van der Waals surface area contributed by atoms with E-state index in [1.54, 1.807) is 7.11 Å². The van der Waals surface area contributed by atoms with Crippen molar-refractivity contribution in [1.29, 1.82) is 5.26 Å². The van der Waals surface area contributed by atoms with Crippen LogP contribution in [0.1, 0.15) is 25.0 Å². The first-order valence-electron chi connectivity index (χ1n) is 4.97. The van der Waals surface area contributed by atoms with E-state index in [0.717, 1.165) is 12.1 Å². The monoisotopic (exact) mass is 204 g/mol. The summed E-state index contributed by atoms with van der Waals surface area (Å²) in [7, 11) is 1.57. The highest BCUT2D eigenvalue weighted by atomic mass is 16.5. The lowest BCUT2D eigenvalue weighted by molar-refractivity contribution is 0.413. The molecule has 0 unspecified atom stereocenters. The first kappa shape index (κ1) is 11.5. The zero-order chi connectivity index (χ0) is 11.3. The first-order chi connectivity index (χ1) is 7.17. The van der Waals surface area contributed by atoms with Crippen LogP contribution in [0.2, 0.25) is 0 Å². The lowest BCUT2D eigenvalue weighted by Crippen LogP contribution is -2.21. The molecule has 0 saturated carbocycles. The highest BCUT2D eigenvalue weighted by Crippen LogP contribution is 2.18. The minimum atomic E-state index is 0.442. The van der Waals surface area contributed by atoms with Crippen molar-refractivity contribution in [2.45, 2.75) is 26.4 Å². The summed E-state index contributed by atoms with van der Waals surface area (Å²) in [5, 5.41) is 12.2. The molecule has 1 aromatic rings. The summed E-state index contributed by atoms with van der Waals surface area (Å²) in [4.78, 5) is 0. The van der Waals surface area contributed by atoms with Crippen molar-refractivity contribution in [1.82, 2.24) is 5.32 Å². The zero-order valence-corrected chi connectivity index (χ0v) is 9.37. The number of nitrogens with zero attached hydrogens (tertiary/aromatic N) is 1. The lowest BCUT2D eigenvalue weighted by atomic mass is 10.1. The standard InChI is InChI=1S/C12H16N2O/c1-9(2)14-8-10-4-5-12(15-3)11(6-10)7-13/h4-6,9,14H,8H2,1-3H3. The van der Waals surface area contributed by atoms with E-state index in [1.165, 1.54) is 0 Å². The van der Waals surface area contributed by atoms with Crippen LogP contribution in [0.5, 0.6) is 5.75 Å². The van der Waals surface area contributed by atoms with Gasteiger partial charge < -0.3 is 10.1 Å². The predicted octanol–water partition coefficient (Wildman–Crippen LogP) is 2.06. The summed E-state index contributed by atoms with van der Waals surface area (Å²) in [5.74, 6) is 0.630. The Hall–Kier alpha value is -1.53. The lowest BCUT2D eigenvalue weighted by Gasteiger charge is -2.09. The number of nitrogens with one attached hydrogen (secondary N) is 1. The average molecular weight is 204 g/mol. The summed E-state index contributed by atoms with van der Waals surface area (Å²) >= 11 is 0. The van der Waals surface area contributed by atoms with Gasteiger partial charge in [-0.15, -0.1) is 0 Å². The minimum Gasteiger partial charge on any atom is -0.495 e. The largest absolute Gasteiger partial charge is 0.495 e. The van der Waals surface area contributed by atoms with Crippen molar-refractivity contribution in [2.75, 3.05) is 7.11 Å². The first-order valence-corrected chi connectivity index (χ1v) is 4.97. The molecule has 0 aliphatic carbocycles. The Kier molecular flexibility index (Phi) is 4.14. The summed E-state index contributed by atoms with van der Waals surface area (Å²) in [6, 6.07) is 8.22. The van der Waals surface area contributed by atoms with E-state index >= 15 is 0 Å². The summed E-state index contributed by atoms with van der Waals surface area (Å²) in [6.07, 6.45) is 0. The molecule has 3 nitrogen and oxygen atoms in total. The Morgan fingerprint density at radius 2 is 2.20 bits per heavy atom. The van der Waals surface area contributed by atoms with Crippen molar-refractivity contribution < 1.29 is 4.74 Å². The molecular weight excluding hydrogens is 188 g/mol. The second-order valence-corrected chi connectivity index (χ2v) is 3.68. The molecule has 0 radical (unpaired) electrons. The Morgan fingerprint density at radius 1 is 1.47 bits per heavy atom. The summed E-state index contributed by atoms with van der Waals surface area (Å²) in [5.41, 5.74) is 1.68. The number of benzene rings is 1. The van der Waals surface area contributed by atoms with Crippen molar-refractivity contribution in [2.24, 2.45) is 0 Å². The number of rotatable bonds is 4. The number of hydrogen-bond acceptors (Lipinski definition) is 3. The third kappa shape index (κ3) is 3.26. The van der Waals surface area contributed by atoms with E-state index in [1.807, 2.05) is 18.2 Å². The molecule has 0 fully saturated rings. The Balaban J connectivity index is 2.80. The Labute approximate surface area is 90.7 Å². The molecule has 1 aromatic carbocycles. The van der Waals surface area contributed by atoms with Crippen molar-refractivity contribution in [3.8, 4) is 11.8 Å². The third-order valence-corrected chi connectivity index (χ3v) is 2.10. The molecular formula is C12H16N2O. The number of methoxy groups -OCH3 is 1. The maximum atomic E-state index is 8.90. The van der Waals surface area contributed by atoms with Gasteiger partial charge >= 0.3 is 0 Å². The third-order valence-electron chi connectivity index (χ3n) is 2.10. The van der Waals surface area contributed by atoms with Crippen LogP contribution in [-0.4, -0.2) is 13.2 Å². The van der Waals surface area contributed by atoms with Crippen LogP contribution in [0, 0.1) is 11.3 Å². The molecule has 0 saturated heterocycles. The van der Waals surface area contributed by atoms with Gasteiger partial charge in [0.1, 0.15) is 11.8 Å². The van der Waals surface area contributed by atoms with E-state index in [0.29, 0.717) is 17.4 Å². The SMILES string of the molecule is COc1ccc(CNC(C)C)cc1C#N. The van der Waals surface area contributed by atoms with Gasteiger partial charge in [-0.2, -0.15) is 5.26 Å². The van der Waals surface area contributed by atoms with Gasteiger partial charge in [0.2, 0.25) is 0 Å². The second kappa shape index (κ2) is 5.38. The Morgan fingerprint density at radius 3 is 2.73 bits per heavy atom. The Bertz CT molecular complexity index is 366. The average Bonchev–Trinajstić information content (AvgIpc) is 2.25. The van der Waals surface area contributed by atoms with Gasteiger partial charge in [-0.25, -0.2) is 0 Å². The highest BCUT2D eigenvalue weighted by Gasteiger charge is 2.03. The van der Waals surface area contributed by atoms with Crippen molar-refractivity contribution in [3.05, 3.63) is 29.3 Å². The van der Waals surface area contributed by atoms with Gasteiger partial charge in [-0.05, 0) is 17.7 Å². The minimum absolute atomic E-state index is 0.442. The van der Waals surface area contributed by atoms with Crippen LogP contribution in [-0.2, 0) is 6.54 Å². The van der Waals surface area contributed by atoms with Crippen LogP contribution < -0.4 is 10.1 Å². The van der Waals surface area contributed by atoms with Crippen molar-refractivity contribution >= 4 is 0 Å². The fourth-order valence-corrected chi connectivity index (χ4v) is 1.27. The van der Waals surface area contributed by atoms with Crippen LogP contribution in [0.4, 0.5) is 0 Å². The van der Waals surface area contributed by atoms with Gasteiger partial charge in [-0.1, -0.05) is 19.9 Å². The van der Waals surface area contributed by atoms with Crippen LogP contribution in [0.25, 0.3) is 0 Å². The molecule has 0 amide bonds. The molecule has 0 aliphatic heterocycles. The smallest absolute Gasteiger partial charge is 0.136 e. The van der Waals surface area contributed by atoms with Crippen molar-refractivity contribution in [3.63, 3.8) is 0 Å². The molecule has 0 spiro atoms. The zero-order valence-electron chi connectivity index (χ0n) is 9.37. The van der Waals surface area contributed by atoms with E-state index < -0.39 is 0 Å². The van der Waals surface area contributed by atoms with Gasteiger partial charge in [0, 0.05) is 12.6 Å². The van der Waals surface area contributed by atoms with E-state index in [4.69, 9.17) is 10.00 Å². The van der Waals surface area contributed by atoms with Crippen LogP contribution >= 0.6 is 0 Å². The number of ether oxygens (including phenoxy) is 1. The maximum Gasteiger partial charge on any atom is 0.136 e. The molecule has 0 bridgehead atoms. The second-order valence-electron chi connectivity index (χ2n) is 3.68. The summed E-state index contributed by atoms with van der Waals surface area (Å²) in [6.45, 7) is 4.96. The quantitative estimate of drug-likeness (QED) is 0.816. The highest BCUT2D eigenvalue weighted by molar-refractivity contribution is 5.45. The number of hydrogen-bond donors (Lipinski definition) is 1. The van der Waals surface area contributed by atoms with E-state index in [2.05, 4.69) is 25.2 Å². The van der Waals surface area contributed by atoms with Gasteiger partial charge in [0.25, 0.3) is 0 Å². The number of nitriles is 1. The van der Waals surface area contributed by atoms with E-state index in [9.17, 15) is 0 Å². The molecule has 0 aliphatic rings. The molecule has 0 heterocycles. The summed E-state index contributed by atoms with van der Waals surface area (Å²) < 4.78 is 5.07. The molecule has 80 valence electrons. The fourth-order valence-electron chi connectivity index (χ4n) is 1.27. The molecule has 15 heavy (non-hydrogen) atoms. The molecule has 1 N–H and O–H groups in total. The van der Waals surface area contributed by atoms with Crippen LogP contribution in [0.3, 0.4) is 0 Å². The predicted molar refractivity (Wildman–Crippen MR) is 59.7 cm³/mol. The molecule has 0 aromatic heterocycles. The normalized spacial score (nSPS) is 10.1. The topological polar surface area (TPSA) is 45.0 Å². The van der Waals surface area contributed by atoms with Crippen LogP contribution in [0.15, 0.2) is 18.2 Å². The molecule has 3 heteroatoms. The van der Waals surface area contributed by atoms with Gasteiger partial charge in [-0.3, -0.25) is 0 Å². The van der Waals surface area contributed by atoms with Gasteiger partial charge in [0.15, 0.2) is 0 Å². The molecule has 0 atom stereocenters. The fraction of sp³-hybridized carbons (Fsp3) is 0.417. The molecule has 1 rings (SSSR count).